The van der Waals surface area contributed by atoms with Crippen molar-refractivity contribution >= 4 is 16.7 Å². The summed E-state index contributed by atoms with van der Waals surface area (Å²) in [4.78, 5) is 36.0. The smallest absolute Gasteiger partial charge is 0.282 e. The van der Waals surface area contributed by atoms with Crippen molar-refractivity contribution in [2.75, 3.05) is 40.6 Å². The summed E-state index contributed by atoms with van der Waals surface area (Å²) in [6.07, 6.45) is 4.15. The van der Waals surface area contributed by atoms with E-state index in [4.69, 9.17) is 23.7 Å². The average Bonchev–Trinajstić information content (AvgIpc) is 3.38. The van der Waals surface area contributed by atoms with E-state index in [1.165, 1.54) is 6.33 Å². The SMILES string of the molecule is COCCOc1cc2ncnc(Oc3ccc(CC(=O)c4c5n(n(-c6ccccc6)c4=O)CCCC5)cc3)c2cc1OCCOC. The molecule has 0 aliphatic carbocycles. The summed E-state index contributed by atoms with van der Waals surface area (Å²) in [6.45, 7) is 2.23. The summed E-state index contributed by atoms with van der Waals surface area (Å²) >= 11 is 0. The maximum Gasteiger partial charge on any atom is 0.282 e. The monoisotopic (exact) mass is 624 g/mol. The molecule has 238 valence electrons. The van der Waals surface area contributed by atoms with E-state index in [0.717, 1.165) is 29.8 Å². The van der Waals surface area contributed by atoms with Crippen molar-refractivity contribution in [3.63, 3.8) is 0 Å². The number of methoxy groups -OCH3 is 2. The third kappa shape index (κ3) is 6.65. The molecule has 6 rings (SSSR count). The summed E-state index contributed by atoms with van der Waals surface area (Å²) < 4.78 is 31.8. The second-order valence-corrected chi connectivity index (χ2v) is 10.9. The highest BCUT2D eigenvalue weighted by Gasteiger charge is 2.27. The first-order valence-corrected chi connectivity index (χ1v) is 15.3. The molecule has 3 aromatic carbocycles. The van der Waals surface area contributed by atoms with Crippen LogP contribution in [0, 0.1) is 0 Å². The van der Waals surface area contributed by atoms with Gasteiger partial charge in [0.2, 0.25) is 5.88 Å². The highest BCUT2D eigenvalue weighted by molar-refractivity contribution is 5.98. The van der Waals surface area contributed by atoms with Gasteiger partial charge in [0.25, 0.3) is 5.56 Å². The zero-order chi connectivity index (χ0) is 31.9. The van der Waals surface area contributed by atoms with E-state index in [0.29, 0.717) is 73.4 Å². The molecule has 1 aliphatic rings. The Bertz CT molecular complexity index is 1870. The molecule has 0 unspecified atom stereocenters. The van der Waals surface area contributed by atoms with Crippen LogP contribution in [0.5, 0.6) is 23.1 Å². The molecule has 46 heavy (non-hydrogen) atoms. The number of nitrogens with zero attached hydrogens (tertiary/aromatic N) is 4. The molecule has 0 saturated heterocycles. The number of Topliss-reactive ketones (excluding diaryl/α,β-unsaturated/α-hetero) is 1. The van der Waals surface area contributed by atoms with Gasteiger partial charge in [0.1, 0.15) is 30.9 Å². The van der Waals surface area contributed by atoms with Gasteiger partial charge in [-0.05, 0) is 55.2 Å². The fraction of sp³-hybridized carbons (Fsp3) is 0.314. The fourth-order valence-electron chi connectivity index (χ4n) is 5.62. The van der Waals surface area contributed by atoms with E-state index < -0.39 is 0 Å². The molecular weight excluding hydrogens is 588 g/mol. The average molecular weight is 625 g/mol. The van der Waals surface area contributed by atoms with Gasteiger partial charge in [-0.2, -0.15) is 0 Å². The number of rotatable bonds is 14. The summed E-state index contributed by atoms with van der Waals surface area (Å²) in [6, 6.07) is 20.3. The van der Waals surface area contributed by atoms with Gasteiger partial charge >= 0.3 is 0 Å². The normalized spacial score (nSPS) is 12.6. The first-order chi connectivity index (χ1) is 22.6. The van der Waals surface area contributed by atoms with Crippen LogP contribution in [0.25, 0.3) is 16.6 Å². The van der Waals surface area contributed by atoms with Crippen molar-refractivity contribution in [3.05, 3.63) is 100 Å². The molecule has 0 spiro atoms. The zero-order valence-electron chi connectivity index (χ0n) is 25.9. The van der Waals surface area contributed by atoms with Crippen LogP contribution in [-0.2, 0) is 28.9 Å². The van der Waals surface area contributed by atoms with E-state index in [-0.39, 0.29) is 23.3 Å². The lowest BCUT2D eigenvalue weighted by Crippen LogP contribution is -2.24. The topological polar surface area (TPSA) is 116 Å². The molecular formula is C35H36N4O7. The highest BCUT2D eigenvalue weighted by atomic mass is 16.5. The van der Waals surface area contributed by atoms with Crippen molar-refractivity contribution in [1.29, 1.82) is 0 Å². The number of ether oxygens (including phenoxy) is 5. The number of carbonyl (C=O) groups is 1. The molecule has 0 amide bonds. The van der Waals surface area contributed by atoms with Crippen LogP contribution < -0.4 is 19.8 Å². The first-order valence-electron chi connectivity index (χ1n) is 15.3. The number of fused-ring (bicyclic) bond motifs is 2. The molecule has 0 saturated carbocycles. The van der Waals surface area contributed by atoms with Crippen LogP contribution in [-0.4, -0.2) is 65.8 Å². The summed E-state index contributed by atoms with van der Waals surface area (Å²) in [5, 5.41) is 0.640. The highest BCUT2D eigenvalue weighted by Crippen LogP contribution is 2.36. The maximum atomic E-state index is 13.6. The number of benzene rings is 3. The van der Waals surface area contributed by atoms with Crippen molar-refractivity contribution in [2.45, 2.75) is 32.2 Å². The lowest BCUT2D eigenvalue weighted by atomic mass is 9.99. The summed E-state index contributed by atoms with van der Waals surface area (Å²) in [5.41, 5.74) is 3.00. The van der Waals surface area contributed by atoms with E-state index >= 15 is 0 Å². The molecule has 0 radical (unpaired) electrons. The van der Waals surface area contributed by atoms with Gasteiger partial charge < -0.3 is 23.7 Å². The van der Waals surface area contributed by atoms with Gasteiger partial charge in [-0.3, -0.25) is 14.3 Å². The third-order valence-corrected chi connectivity index (χ3v) is 7.82. The third-order valence-electron chi connectivity index (χ3n) is 7.82. The summed E-state index contributed by atoms with van der Waals surface area (Å²) in [5.74, 6) is 1.72. The quantitative estimate of drug-likeness (QED) is 0.122. The van der Waals surface area contributed by atoms with Gasteiger partial charge in [0, 0.05) is 33.3 Å². The molecule has 1 aliphatic heterocycles. The molecule has 0 bridgehead atoms. The van der Waals surface area contributed by atoms with Crippen molar-refractivity contribution in [2.24, 2.45) is 0 Å². The largest absolute Gasteiger partial charge is 0.487 e. The Morgan fingerprint density at radius 3 is 2.28 bits per heavy atom. The molecule has 0 atom stereocenters. The summed E-state index contributed by atoms with van der Waals surface area (Å²) in [7, 11) is 3.22. The van der Waals surface area contributed by atoms with E-state index in [2.05, 4.69) is 9.97 Å². The molecule has 2 aromatic heterocycles. The van der Waals surface area contributed by atoms with E-state index in [1.807, 2.05) is 47.1 Å². The van der Waals surface area contributed by atoms with E-state index in [9.17, 15) is 9.59 Å². The van der Waals surface area contributed by atoms with Gasteiger partial charge in [-0.1, -0.05) is 30.3 Å². The number of hydrogen-bond donors (Lipinski definition) is 0. The van der Waals surface area contributed by atoms with Crippen LogP contribution in [0.15, 0.2) is 77.9 Å². The van der Waals surface area contributed by atoms with Gasteiger partial charge in [0.15, 0.2) is 17.3 Å². The second-order valence-electron chi connectivity index (χ2n) is 10.9. The predicted molar refractivity (Wildman–Crippen MR) is 172 cm³/mol. The molecule has 0 fully saturated rings. The fourth-order valence-corrected chi connectivity index (χ4v) is 5.62. The van der Waals surface area contributed by atoms with Crippen molar-refractivity contribution in [1.82, 2.24) is 19.3 Å². The standard InChI is InChI=1S/C35H36N4O7/c1-42-16-18-44-31-21-27-28(22-32(31)45-19-17-43-2)36-23-37-34(27)46-26-13-11-24(12-14-26)20-30(40)33-29-10-6-7-15-38(29)39(35(33)41)25-8-4-3-5-9-25/h3-5,8-9,11-14,21-23H,6-7,10,15-20H2,1-2H3. The molecule has 3 heterocycles. The molecule has 11 nitrogen and oxygen atoms in total. The molecule has 0 N–H and O–H groups in total. The van der Waals surface area contributed by atoms with Gasteiger partial charge in [0.05, 0.1) is 35.5 Å². The Balaban J connectivity index is 1.22. The minimum absolute atomic E-state index is 0.103. The van der Waals surface area contributed by atoms with Crippen LogP contribution in [0.4, 0.5) is 0 Å². The maximum absolute atomic E-state index is 13.6. The number of para-hydroxylation sites is 1. The minimum atomic E-state index is -0.262. The lowest BCUT2D eigenvalue weighted by Gasteiger charge is -2.19. The minimum Gasteiger partial charge on any atom is -0.487 e. The Labute approximate surface area is 266 Å². The van der Waals surface area contributed by atoms with Crippen LogP contribution >= 0.6 is 0 Å². The Kier molecular flexibility index (Phi) is 9.70. The van der Waals surface area contributed by atoms with Crippen LogP contribution in [0.1, 0.15) is 34.5 Å². The second kappa shape index (κ2) is 14.4. The number of aromatic nitrogens is 4. The Morgan fingerprint density at radius 1 is 0.848 bits per heavy atom. The Morgan fingerprint density at radius 2 is 1.57 bits per heavy atom. The molecule has 11 heteroatoms. The van der Waals surface area contributed by atoms with Gasteiger partial charge in [-0.25, -0.2) is 14.6 Å². The van der Waals surface area contributed by atoms with Gasteiger partial charge in [-0.15, -0.1) is 0 Å². The first kappa shape index (κ1) is 31.0. The van der Waals surface area contributed by atoms with Crippen LogP contribution in [0.2, 0.25) is 0 Å². The van der Waals surface area contributed by atoms with Crippen molar-refractivity contribution in [3.8, 4) is 28.8 Å². The molecule has 5 aromatic rings. The lowest BCUT2D eigenvalue weighted by molar-refractivity contribution is 0.0990. The zero-order valence-corrected chi connectivity index (χ0v) is 25.9. The predicted octanol–water partition coefficient (Wildman–Crippen LogP) is 5.19. The van der Waals surface area contributed by atoms with Crippen LogP contribution in [0.3, 0.4) is 0 Å². The number of ketones is 1. The number of hydrogen-bond acceptors (Lipinski definition) is 9. The Hall–Kier alpha value is -5.00. The number of carbonyl (C=O) groups excluding carboxylic acids is 1. The van der Waals surface area contributed by atoms with E-state index in [1.54, 1.807) is 43.2 Å². The van der Waals surface area contributed by atoms with Crippen molar-refractivity contribution < 1.29 is 28.5 Å².